The molecule has 2 aliphatic carbocycles. The molecule has 4 atom stereocenters. The van der Waals surface area contributed by atoms with E-state index in [9.17, 15) is 9.59 Å². The molecule has 0 amide bonds. The van der Waals surface area contributed by atoms with E-state index in [2.05, 4.69) is 0 Å². The van der Waals surface area contributed by atoms with E-state index in [0.29, 0.717) is 35.8 Å². The van der Waals surface area contributed by atoms with E-state index in [-0.39, 0.29) is 42.0 Å². The fourth-order valence-electron chi connectivity index (χ4n) is 5.25. The zero-order valence-corrected chi connectivity index (χ0v) is 16.3. The lowest BCUT2D eigenvalue weighted by Crippen LogP contribution is -2.13. The molecule has 0 bridgehead atoms. The second-order valence-electron chi connectivity index (χ2n) is 7.85. The van der Waals surface area contributed by atoms with Gasteiger partial charge >= 0.3 is 0 Å². The number of carbonyl (C=O) groups excluding carboxylic acids is 2. The van der Waals surface area contributed by atoms with E-state index >= 15 is 0 Å². The van der Waals surface area contributed by atoms with E-state index in [0.717, 1.165) is 11.1 Å². The Kier molecular flexibility index (Phi) is 4.23. The SMILES string of the molecule is COc1ccc([C@@H]2C(=O)C[C@H]3[C@@H]2CC(=O)[C@H]3c2ccc3c(c2)OCO3)cc1OC. The molecule has 0 radical (unpaired) electrons. The highest BCUT2D eigenvalue weighted by molar-refractivity contribution is 5.96. The van der Waals surface area contributed by atoms with Crippen molar-refractivity contribution in [1.29, 1.82) is 0 Å². The summed E-state index contributed by atoms with van der Waals surface area (Å²) in [5.74, 6) is 2.41. The van der Waals surface area contributed by atoms with Gasteiger partial charge in [-0.1, -0.05) is 12.1 Å². The Balaban J connectivity index is 1.48. The maximum atomic E-state index is 13.0. The molecule has 0 saturated heterocycles. The summed E-state index contributed by atoms with van der Waals surface area (Å²) in [6.45, 7) is 0.198. The lowest BCUT2D eigenvalue weighted by molar-refractivity contribution is -0.121. The number of rotatable bonds is 4. The molecule has 150 valence electrons. The molecule has 0 unspecified atom stereocenters. The van der Waals surface area contributed by atoms with Crippen LogP contribution in [0.2, 0.25) is 0 Å². The minimum Gasteiger partial charge on any atom is -0.493 e. The van der Waals surface area contributed by atoms with Crippen LogP contribution in [0.1, 0.15) is 35.8 Å². The third-order valence-corrected chi connectivity index (χ3v) is 6.50. The number of benzene rings is 2. The Labute approximate surface area is 168 Å². The smallest absolute Gasteiger partial charge is 0.231 e. The van der Waals surface area contributed by atoms with E-state index < -0.39 is 0 Å². The molecule has 0 aromatic heterocycles. The van der Waals surface area contributed by atoms with Crippen LogP contribution in [-0.4, -0.2) is 32.6 Å². The van der Waals surface area contributed by atoms with Gasteiger partial charge in [0, 0.05) is 24.7 Å². The highest BCUT2D eigenvalue weighted by Crippen LogP contribution is 2.55. The lowest BCUT2D eigenvalue weighted by Gasteiger charge is -2.20. The number of methoxy groups -OCH3 is 2. The van der Waals surface area contributed by atoms with Crippen molar-refractivity contribution in [2.45, 2.75) is 24.7 Å². The Hall–Kier alpha value is -3.02. The molecule has 3 aliphatic rings. The maximum Gasteiger partial charge on any atom is 0.231 e. The third kappa shape index (κ3) is 2.77. The summed E-state index contributed by atoms with van der Waals surface area (Å²) in [4.78, 5) is 26.0. The molecule has 29 heavy (non-hydrogen) atoms. The van der Waals surface area contributed by atoms with E-state index in [4.69, 9.17) is 18.9 Å². The Morgan fingerprint density at radius 3 is 2.00 bits per heavy atom. The number of Topliss-reactive ketones (excluding diaryl/α,β-unsaturated/α-hetero) is 2. The van der Waals surface area contributed by atoms with Gasteiger partial charge in [-0.2, -0.15) is 0 Å². The summed E-state index contributed by atoms with van der Waals surface area (Å²) in [6.07, 6.45) is 0.822. The first-order valence-electron chi connectivity index (χ1n) is 9.77. The quantitative estimate of drug-likeness (QED) is 0.791. The summed E-state index contributed by atoms with van der Waals surface area (Å²) in [5.41, 5.74) is 1.80. The van der Waals surface area contributed by atoms with E-state index in [1.807, 2.05) is 36.4 Å². The Bertz CT molecular complexity index is 997. The number of carbonyl (C=O) groups is 2. The van der Waals surface area contributed by atoms with Gasteiger partial charge in [0.05, 0.1) is 14.2 Å². The van der Waals surface area contributed by atoms with Gasteiger partial charge in [0.25, 0.3) is 0 Å². The highest BCUT2D eigenvalue weighted by Gasteiger charge is 2.54. The van der Waals surface area contributed by atoms with Crippen molar-refractivity contribution in [3.63, 3.8) is 0 Å². The number of ether oxygens (including phenoxy) is 4. The second kappa shape index (κ2) is 6.79. The predicted octanol–water partition coefficient (Wildman–Crippen LogP) is 3.48. The van der Waals surface area contributed by atoms with Crippen LogP contribution in [0.3, 0.4) is 0 Å². The molecule has 0 N–H and O–H groups in total. The molecule has 5 rings (SSSR count). The van der Waals surface area contributed by atoms with Crippen molar-refractivity contribution in [2.75, 3.05) is 21.0 Å². The minimum atomic E-state index is -0.289. The minimum absolute atomic E-state index is 0.00326. The fourth-order valence-corrected chi connectivity index (χ4v) is 5.25. The molecule has 6 heteroatoms. The van der Waals surface area contributed by atoms with Gasteiger partial charge in [-0.05, 0) is 47.2 Å². The number of ketones is 2. The first-order chi connectivity index (χ1) is 14.1. The molecular formula is C23H22O6. The van der Waals surface area contributed by atoms with Crippen LogP contribution in [0.5, 0.6) is 23.0 Å². The van der Waals surface area contributed by atoms with Crippen molar-refractivity contribution >= 4 is 11.6 Å². The number of fused-ring (bicyclic) bond motifs is 2. The lowest BCUT2D eigenvalue weighted by atomic mass is 9.83. The van der Waals surface area contributed by atoms with Gasteiger partial charge in [-0.25, -0.2) is 0 Å². The normalized spacial score (nSPS) is 27.2. The topological polar surface area (TPSA) is 71.1 Å². The highest BCUT2D eigenvalue weighted by atomic mass is 16.7. The molecule has 6 nitrogen and oxygen atoms in total. The molecule has 1 heterocycles. The van der Waals surface area contributed by atoms with Crippen LogP contribution in [0.4, 0.5) is 0 Å². The van der Waals surface area contributed by atoms with Gasteiger partial charge in [-0.3, -0.25) is 9.59 Å². The average molecular weight is 394 g/mol. The first kappa shape index (κ1) is 18.0. The van der Waals surface area contributed by atoms with Gasteiger partial charge in [0.15, 0.2) is 23.0 Å². The summed E-state index contributed by atoms with van der Waals surface area (Å²) < 4.78 is 21.6. The van der Waals surface area contributed by atoms with E-state index in [1.54, 1.807) is 14.2 Å². The van der Waals surface area contributed by atoms with Gasteiger partial charge in [0.2, 0.25) is 6.79 Å². The standard InChI is InChI=1S/C23H22O6/c1-26-18-5-3-12(7-20(18)27-2)22-14-9-17(25)23(15(14)10-16(22)24)13-4-6-19-21(8-13)29-11-28-19/h3-8,14-15,22-23H,9-11H2,1-2H3/t14-,15-,22-,23-/m0/s1. The monoisotopic (exact) mass is 394 g/mol. The van der Waals surface area contributed by atoms with Crippen molar-refractivity contribution < 1.29 is 28.5 Å². The largest absolute Gasteiger partial charge is 0.493 e. The zero-order valence-electron chi connectivity index (χ0n) is 16.3. The summed E-state index contributed by atoms with van der Waals surface area (Å²) in [7, 11) is 3.16. The summed E-state index contributed by atoms with van der Waals surface area (Å²) in [6, 6.07) is 11.3. The van der Waals surface area contributed by atoms with Crippen molar-refractivity contribution in [2.24, 2.45) is 11.8 Å². The van der Waals surface area contributed by atoms with Crippen LogP contribution in [0.25, 0.3) is 0 Å². The molecule has 2 aromatic rings. The van der Waals surface area contributed by atoms with E-state index in [1.165, 1.54) is 0 Å². The van der Waals surface area contributed by atoms with Crippen LogP contribution >= 0.6 is 0 Å². The molecular weight excluding hydrogens is 372 g/mol. The van der Waals surface area contributed by atoms with Crippen LogP contribution in [0, 0.1) is 11.8 Å². The van der Waals surface area contributed by atoms with Crippen LogP contribution < -0.4 is 18.9 Å². The van der Waals surface area contributed by atoms with Crippen LogP contribution in [0.15, 0.2) is 36.4 Å². The predicted molar refractivity (Wildman–Crippen MR) is 104 cm³/mol. The Morgan fingerprint density at radius 2 is 1.34 bits per heavy atom. The average Bonchev–Trinajstić information content (AvgIpc) is 3.39. The molecule has 2 fully saturated rings. The van der Waals surface area contributed by atoms with Gasteiger partial charge in [0.1, 0.15) is 11.6 Å². The molecule has 2 aromatic carbocycles. The second-order valence-corrected chi connectivity index (χ2v) is 7.85. The van der Waals surface area contributed by atoms with Gasteiger partial charge in [-0.15, -0.1) is 0 Å². The fraction of sp³-hybridized carbons (Fsp3) is 0.391. The molecule has 2 saturated carbocycles. The molecule has 0 spiro atoms. The number of hydrogen-bond donors (Lipinski definition) is 0. The summed E-state index contributed by atoms with van der Waals surface area (Å²) in [5, 5.41) is 0. The van der Waals surface area contributed by atoms with Crippen molar-refractivity contribution in [1.82, 2.24) is 0 Å². The molecule has 1 aliphatic heterocycles. The zero-order chi connectivity index (χ0) is 20.1. The van der Waals surface area contributed by atoms with Crippen molar-refractivity contribution in [3.05, 3.63) is 47.5 Å². The van der Waals surface area contributed by atoms with Crippen molar-refractivity contribution in [3.8, 4) is 23.0 Å². The van der Waals surface area contributed by atoms with Crippen LogP contribution in [-0.2, 0) is 9.59 Å². The summed E-state index contributed by atoms with van der Waals surface area (Å²) >= 11 is 0. The van der Waals surface area contributed by atoms with Gasteiger partial charge < -0.3 is 18.9 Å². The number of hydrogen-bond acceptors (Lipinski definition) is 6. The Morgan fingerprint density at radius 1 is 0.759 bits per heavy atom. The third-order valence-electron chi connectivity index (χ3n) is 6.50. The first-order valence-corrected chi connectivity index (χ1v) is 9.77. The maximum absolute atomic E-state index is 13.0.